The highest BCUT2D eigenvalue weighted by atomic mass is 19.4. The molecule has 2 rings (SSSR count). The van der Waals surface area contributed by atoms with E-state index in [1.165, 1.54) is 12.1 Å². The molecule has 0 amide bonds. The molecule has 7 heteroatoms. The Morgan fingerprint density at radius 1 is 1.35 bits per heavy atom. The quantitative estimate of drug-likeness (QED) is 0.840. The number of hydrogen-bond donors (Lipinski definition) is 2. The van der Waals surface area contributed by atoms with Gasteiger partial charge in [-0.25, -0.2) is 4.39 Å². The molecule has 2 unspecified atom stereocenters. The maximum absolute atomic E-state index is 13.2. The van der Waals surface area contributed by atoms with Crippen LogP contribution in [0.25, 0.3) is 0 Å². The van der Waals surface area contributed by atoms with Crippen molar-refractivity contribution in [2.75, 3.05) is 13.1 Å². The first-order valence-corrected chi connectivity index (χ1v) is 6.02. The van der Waals surface area contributed by atoms with Crippen molar-refractivity contribution in [1.82, 2.24) is 5.32 Å². The lowest BCUT2D eigenvalue weighted by Gasteiger charge is -2.32. The van der Waals surface area contributed by atoms with Gasteiger partial charge in [0.2, 0.25) is 0 Å². The molecular weight excluding hydrogens is 278 g/mol. The van der Waals surface area contributed by atoms with Crippen molar-refractivity contribution in [2.45, 2.75) is 12.6 Å². The number of benzene rings is 1. The third-order valence-electron chi connectivity index (χ3n) is 3.77. The Labute approximate surface area is 112 Å². The van der Waals surface area contributed by atoms with Crippen LogP contribution in [0.1, 0.15) is 5.56 Å². The molecule has 1 aliphatic rings. The summed E-state index contributed by atoms with van der Waals surface area (Å²) in [6.45, 7) is -0.680. The molecule has 20 heavy (non-hydrogen) atoms. The molecule has 110 valence electrons. The molecule has 0 radical (unpaired) electrons. The maximum atomic E-state index is 13.2. The lowest BCUT2D eigenvalue weighted by molar-refractivity contribution is -0.236. The molecule has 2 atom stereocenters. The molecule has 1 aromatic rings. The Hall–Kier alpha value is -1.63. The Morgan fingerprint density at radius 2 is 1.95 bits per heavy atom. The standard InChI is InChI=1S/C13H13F4NO2/c14-10-3-1-8(2-4-10)5-9-6-18-7-12(9,11(19)20)13(15,16)17/h1-4,9,18H,5-7H2,(H,19,20). The number of nitrogens with one attached hydrogen (secondary N) is 1. The van der Waals surface area contributed by atoms with Gasteiger partial charge in [-0.2, -0.15) is 13.2 Å². The highest BCUT2D eigenvalue weighted by Crippen LogP contribution is 2.47. The van der Waals surface area contributed by atoms with E-state index >= 15 is 0 Å². The minimum absolute atomic E-state index is 0.0385. The number of carbonyl (C=O) groups is 1. The topological polar surface area (TPSA) is 49.3 Å². The van der Waals surface area contributed by atoms with Gasteiger partial charge in [-0.3, -0.25) is 4.79 Å². The van der Waals surface area contributed by atoms with Crippen molar-refractivity contribution < 1.29 is 27.5 Å². The van der Waals surface area contributed by atoms with E-state index in [0.29, 0.717) is 5.56 Å². The van der Waals surface area contributed by atoms with Gasteiger partial charge in [0.15, 0.2) is 5.41 Å². The van der Waals surface area contributed by atoms with Crippen LogP contribution >= 0.6 is 0 Å². The first kappa shape index (κ1) is 14.8. The van der Waals surface area contributed by atoms with E-state index in [1.807, 2.05) is 0 Å². The number of halogens is 4. The van der Waals surface area contributed by atoms with Crippen LogP contribution in [-0.4, -0.2) is 30.3 Å². The lowest BCUT2D eigenvalue weighted by atomic mass is 9.74. The van der Waals surface area contributed by atoms with Crippen molar-refractivity contribution in [3.8, 4) is 0 Å². The first-order valence-electron chi connectivity index (χ1n) is 6.02. The molecule has 0 bridgehead atoms. The minimum atomic E-state index is -4.84. The average Bonchev–Trinajstić information content (AvgIpc) is 2.76. The van der Waals surface area contributed by atoms with Gasteiger partial charge in [-0.05, 0) is 30.7 Å². The minimum Gasteiger partial charge on any atom is -0.481 e. The smallest absolute Gasteiger partial charge is 0.406 e. The summed E-state index contributed by atoms with van der Waals surface area (Å²) in [7, 11) is 0. The second-order valence-electron chi connectivity index (χ2n) is 4.93. The van der Waals surface area contributed by atoms with Crippen molar-refractivity contribution >= 4 is 5.97 Å². The predicted octanol–water partition coefficient (Wildman–Crippen LogP) is 2.22. The van der Waals surface area contributed by atoms with Gasteiger partial charge in [0, 0.05) is 12.5 Å². The third kappa shape index (κ3) is 2.37. The second-order valence-corrected chi connectivity index (χ2v) is 4.93. The summed E-state index contributed by atoms with van der Waals surface area (Å²) in [5.41, 5.74) is -2.31. The number of rotatable bonds is 3. The van der Waals surface area contributed by atoms with E-state index in [-0.39, 0.29) is 13.0 Å². The second kappa shape index (κ2) is 5.05. The Kier molecular flexibility index (Phi) is 3.73. The highest BCUT2D eigenvalue weighted by Gasteiger charge is 2.66. The number of hydrogen-bond acceptors (Lipinski definition) is 2. The summed E-state index contributed by atoms with van der Waals surface area (Å²) in [5, 5.41) is 11.6. The lowest BCUT2D eigenvalue weighted by Crippen LogP contribution is -2.51. The van der Waals surface area contributed by atoms with Gasteiger partial charge in [0.1, 0.15) is 5.82 Å². The zero-order valence-electron chi connectivity index (χ0n) is 10.4. The van der Waals surface area contributed by atoms with E-state index in [1.54, 1.807) is 0 Å². The van der Waals surface area contributed by atoms with Crippen molar-refractivity contribution in [1.29, 1.82) is 0 Å². The Bertz CT molecular complexity index is 500. The van der Waals surface area contributed by atoms with Crippen LogP contribution in [0.2, 0.25) is 0 Å². The third-order valence-corrected chi connectivity index (χ3v) is 3.77. The maximum Gasteiger partial charge on any atom is 0.406 e. The summed E-state index contributed by atoms with van der Waals surface area (Å²) < 4.78 is 52.4. The molecular formula is C13H13F4NO2. The van der Waals surface area contributed by atoms with Gasteiger partial charge < -0.3 is 10.4 Å². The van der Waals surface area contributed by atoms with Gasteiger partial charge in [0.05, 0.1) is 0 Å². The SMILES string of the molecule is O=C(O)C1(C(F)(F)F)CNCC1Cc1ccc(F)cc1. The largest absolute Gasteiger partial charge is 0.481 e. The fourth-order valence-corrected chi connectivity index (χ4v) is 2.62. The van der Waals surface area contributed by atoms with Crippen LogP contribution in [0.3, 0.4) is 0 Å². The van der Waals surface area contributed by atoms with Crippen LogP contribution < -0.4 is 5.32 Å². The highest BCUT2D eigenvalue weighted by molar-refractivity contribution is 5.77. The molecule has 0 saturated carbocycles. The fraction of sp³-hybridized carbons (Fsp3) is 0.462. The molecule has 1 saturated heterocycles. The van der Waals surface area contributed by atoms with E-state index in [9.17, 15) is 22.4 Å². The molecule has 1 heterocycles. The van der Waals surface area contributed by atoms with Crippen LogP contribution in [0, 0.1) is 17.2 Å². The predicted molar refractivity (Wildman–Crippen MR) is 62.6 cm³/mol. The summed E-state index contributed by atoms with van der Waals surface area (Å²) in [6.07, 6.45) is -4.91. The number of alkyl halides is 3. The molecule has 3 nitrogen and oxygen atoms in total. The van der Waals surface area contributed by atoms with E-state index < -0.39 is 35.8 Å². The normalized spacial score (nSPS) is 26.7. The number of carboxylic acid groups (broad SMARTS) is 1. The average molecular weight is 291 g/mol. The monoisotopic (exact) mass is 291 g/mol. The molecule has 0 spiro atoms. The van der Waals surface area contributed by atoms with E-state index in [4.69, 9.17) is 5.11 Å². The summed E-state index contributed by atoms with van der Waals surface area (Å²) in [4.78, 5) is 11.2. The van der Waals surface area contributed by atoms with E-state index in [2.05, 4.69) is 5.32 Å². The van der Waals surface area contributed by atoms with Gasteiger partial charge >= 0.3 is 12.1 Å². The molecule has 1 aromatic carbocycles. The fourth-order valence-electron chi connectivity index (χ4n) is 2.62. The van der Waals surface area contributed by atoms with Crippen LogP contribution in [0.15, 0.2) is 24.3 Å². The molecule has 2 N–H and O–H groups in total. The molecule has 0 aromatic heterocycles. The van der Waals surface area contributed by atoms with Crippen LogP contribution in [0.5, 0.6) is 0 Å². The molecule has 1 fully saturated rings. The van der Waals surface area contributed by atoms with Gasteiger partial charge in [0.25, 0.3) is 0 Å². The summed E-state index contributed by atoms with van der Waals surface area (Å²) in [5.74, 6) is -3.48. The summed E-state index contributed by atoms with van der Waals surface area (Å²) in [6, 6.07) is 5.04. The molecule has 0 aliphatic carbocycles. The van der Waals surface area contributed by atoms with Gasteiger partial charge in [-0.15, -0.1) is 0 Å². The zero-order valence-corrected chi connectivity index (χ0v) is 10.4. The first-order chi connectivity index (χ1) is 9.27. The van der Waals surface area contributed by atoms with Crippen molar-refractivity contribution in [3.05, 3.63) is 35.6 Å². The van der Waals surface area contributed by atoms with E-state index in [0.717, 1.165) is 12.1 Å². The summed E-state index contributed by atoms with van der Waals surface area (Å²) >= 11 is 0. The van der Waals surface area contributed by atoms with Gasteiger partial charge in [-0.1, -0.05) is 12.1 Å². The zero-order chi connectivity index (χ0) is 15.0. The van der Waals surface area contributed by atoms with Crippen molar-refractivity contribution in [3.63, 3.8) is 0 Å². The molecule has 1 aliphatic heterocycles. The van der Waals surface area contributed by atoms with Crippen LogP contribution in [0.4, 0.5) is 17.6 Å². The van der Waals surface area contributed by atoms with Crippen molar-refractivity contribution in [2.24, 2.45) is 11.3 Å². The van der Waals surface area contributed by atoms with Crippen LogP contribution in [-0.2, 0) is 11.2 Å². The number of aliphatic carboxylic acids is 1. The number of carboxylic acids is 1. The Morgan fingerprint density at radius 3 is 2.45 bits per heavy atom. The Balaban J connectivity index is 2.30.